The minimum atomic E-state index is -0.266. The molecule has 0 unspecified atom stereocenters. The maximum Gasteiger partial charge on any atom is 0.191 e. The smallest absolute Gasteiger partial charge is 0.191 e. The third kappa shape index (κ3) is 4.34. The highest BCUT2D eigenvalue weighted by atomic mass is 35.5. The lowest BCUT2D eigenvalue weighted by atomic mass is 10.2. The second-order valence-corrected chi connectivity index (χ2v) is 7.79. The fourth-order valence-electron chi connectivity index (χ4n) is 3.12. The molecule has 0 amide bonds. The molecule has 0 saturated carbocycles. The average molecular weight is 404 g/mol. The zero-order chi connectivity index (χ0) is 18.6. The SMILES string of the molecule is Fc1ccc(-c2nnc(SCc3ccccc3Cl)n2C[C@@H]2CCCO2)cc1. The first kappa shape index (κ1) is 18.5. The summed E-state index contributed by atoms with van der Waals surface area (Å²) in [5.74, 6) is 1.16. The second-order valence-electron chi connectivity index (χ2n) is 6.44. The molecule has 27 heavy (non-hydrogen) atoms. The van der Waals surface area contributed by atoms with Gasteiger partial charge in [-0.15, -0.1) is 10.2 Å². The maximum atomic E-state index is 13.3. The number of hydrogen-bond acceptors (Lipinski definition) is 4. The van der Waals surface area contributed by atoms with Crippen LogP contribution in [0, 0.1) is 5.82 Å². The van der Waals surface area contributed by atoms with Crippen LogP contribution in [0.4, 0.5) is 4.39 Å². The van der Waals surface area contributed by atoms with Crippen molar-refractivity contribution < 1.29 is 9.13 Å². The third-order valence-corrected chi connectivity index (χ3v) is 5.93. The first-order valence-corrected chi connectivity index (χ1v) is 10.2. The standard InChI is InChI=1S/C20H19ClFN3OS/c21-18-6-2-1-4-15(18)13-27-20-24-23-19(14-7-9-16(22)10-8-14)25(20)12-17-5-3-11-26-17/h1-2,4,6-10,17H,3,5,11-13H2/t17-/m0/s1. The normalized spacial score (nSPS) is 16.7. The molecule has 1 fully saturated rings. The van der Waals surface area contributed by atoms with Gasteiger partial charge < -0.3 is 4.74 Å². The van der Waals surface area contributed by atoms with Gasteiger partial charge in [-0.1, -0.05) is 41.6 Å². The number of thioether (sulfide) groups is 1. The van der Waals surface area contributed by atoms with Crippen LogP contribution in [0.5, 0.6) is 0 Å². The maximum absolute atomic E-state index is 13.3. The Morgan fingerprint density at radius 3 is 2.70 bits per heavy atom. The van der Waals surface area contributed by atoms with E-state index in [1.165, 1.54) is 12.1 Å². The lowest BCUT2D eigenvalue weighted by Gasteiger charge is -2.15. The highest BCUT2D eigenvalue weighted by molar-refractivity contribution is 7.98. The molecule has 0 N–H and O–H groups in total. The summed E-state index contributed by atoms with van der Waals surface area (Å²) in [7, 11) is 0. The molecule has 0 radical (unpaired) electrons. The Morgan fingerprint density at radius 1 is 1.15 bits per heavy atom. The largest absolute Gasteiger partial charge is 0.376 e. The van der Waals surface area contributed by atoms with E-state index in [4.69, 9.17) is 16.3 Å². The van der Waals surface area contributed by atoms with Crippen LogP contribution < -0.4 is 0 Å². The Bertz CT molecular complexity index is 910. The van der Waals surface area contributed by atoms with E-state index in [-0.39, 0.29) is 11.9 Å². The Hall–Kier alpha value is -1.89. The van der Waals surface area contributed by atoms with Crippen molar-refractivity contribution >= 4 is 23.4 Å². The zero-order valence-electron chi connectivity index (χ0n) is 14.6. The summed E-state index contributed by atoms with van der Waals surface area (Å²) in [6.45, 7) is 1.48. The summed E-state index contributed by atoms with van der Waals surface area (Å²) >= 11 is 7.86. The summed E-state index contributed by atoms with van der Waals surface area (Å²) in [4.78, 5) is 0. The molecule has 4 rings (SSSR count). The number of aromatic nitrogens is 3. The molecule has 2 heterocycles. The topological polar surface area (TPSA) is 39.9 Å². The number of rotatable bonds is 6. The summed E-state index contributed by atoms with van der Waals surface area (Å²) in [5, 5.41) is 10.3. The Balaban J connectivity index is 1.61. The van der Waals surface area contributed by atoms with Gasteiger partial charge in [0.15, 0.2) is 11.0 Å². The Labute approximate surface area is 166 Å². The molecular weight excluding hydrogens is 385 g/mol. The Morgan fingerprint density at radius 2 is 1.96 bits per heavy atom. The highest BCUT2D eigenvalue weighted by Gasteiger charge is 2.22. The minimum Gasteiger partial charge on any atom is -0.376 e. The number of benzene rings is 2. The second kappa shape index (κ2) is 8.42. The van der Waals surface area contributed by atoms with E-state index in [1.54, 1.807) is 23.9 Å². The van der Waals surface area contributed by atoms with Crippen molar-refractivity contribution in [1.82, 2.24) is 14.8 Å². The number of hydrogen-bond donors (Lipinski definition) is 0. The van der Waals surface area contributed by atoms with Gasteiger partial charge in [-0.3, -0.25) is 4.57 Å². The van der Waals surface area contributed by atoms with Crippen molar-refractivity contribution in [2.24, 2.45) is 0 Å². The van der Waals surface area contributed by atoms with Gasteiger partial charge in [-0.05, 0) is 48.7 Å². The molecular formula is C20H19ClFN3OS. The first-order chi connectivity index (χ1) is 13.2. The van der Waals surface area contributed by atoms with Crippen molar-refractivity contribution in [3.8, 4) is 11.4 Å². The molecule has 3 aromatic rings. The lowest BCUT2D eigenvalue weighted by Crippen LogP contribution is -2.16. The van der Waals surface area contributed by atoms with Crippen LogP contribution in [0.2, 0.25) is 5.02 Å². The van der Waals surface area contributed by atoms with E-state index in [2.05, 4.69) is 14.8 Å². The molecule has 1 aliphatic heterocycles. The van der Waals surface area contributed by atoms with Gasteiger partial charge in [-0.2, -0.15) is 0 Å². The fourth-order valence-corrected chi connectivity index (χ4v) is 4.36. The molecule has 1 aromatic heterocycles. The van der Waals surface area contributed by atoms with E-state index in [1.807, 2.05) is 24.3 Å². The molecule has 4 nitrogen and oxygen atoms in total. The summed E-state index contributed by atoms with van der Waals surface area (Å²) in [6, 6.07) is 14.1. The van der Waals surface area contributed by atoms with E-state index in [9.17, 15) is 4.39 Å². The predicted molar refractivity (Wildman–Crippen MR) is 105 cm³/mol. The average Bonchev–Trinajstić information content (AvgIpc) is 3.33. The van der Waals surface area contributed by atoms with Gasteiger partial charge >= 0.3 is 0 Å². The molecule has 0 aliphatic carbocycles. The monoisotopic (exact) mass is 403 g/mol. The van der Waals surface area contributed by atoms with Crippen molar-refractivity contribution in [1.29, 1.82) is 0 Å². The van der Waals surface area contributed by atoms with Gasteiger partial charge in [0, 0.05) is 22.9 Å². The number of halogens is 2. The molecule has 140 valence electrons. The fraction of sp³-hybridized carbons (Fsp3) is 0.300. The number of nitrogens with zero attached hydrogens (tertiary/aromatic N) is 3. The molecule has 1 atom stereocenters. The van der Waals surface area contributed by atoms with Crippen LogP contribution in [0.25, 0.3) is 11.4 Å². The van der Waals surface area contributed by atoms with Crippen molar-refractivity contribution in [3.05, 3.63) is 64.9 Å². The molecule has 1 saturated heterocycles. The van der Waals surface area contributed by atoms with Crippen LogP contribution in [-0.2, 0) is 17.0 Å². The van der Waals surface area contributed by atoms with E-state index < -0.39 is 0 Å². The number of ether oxygens (including phenoxy) is 1. The van der Waals surface area contributed by atoms with Crippen LogP contribution in [0.3, 0.4) is 0 Å². The van der Waals surface area contributed by atoms with Crippen LogP contribution >= 0.6 is 23.4 Å². The van der Waals surface area contributed by atoms with Gasteiger partial charge in [0.25, 0.3) is 0 Å². The van der Waals surface area contributed by atoms with Crippen molar-refractivity contribution in [2.75, 3.05) is 6.61 Å². The molecule has 0 spiro atoms. The minimum absolute atomic E-state index is 0.153. The highest BCUT2D eigenvalue weighted by Crippen LogP contribution is 2.30. The zero-order valence-corrected chi connectivity index (χ0v) is 16.2. The van der Waals surface area contributed by atoms with Gasteiger partial charge in [0.2, 0.25) is 0 Å². The molecule has 0 bridgehead atoms. The van der Waals surface area contributed by atoms with Crippen LogP contribution in [0.1, 0.15) is 18.4 Å². The van der Waals surface area contributed by atoms with E-state index in [0.717, 1.165) is 46.6 Å². The summed E-state index contributed by atoms with van der Waals surface area (Å²) in [6.07, 6.45) is 2.25. The van der Waals surface area contributed by atoms with Crippen LogP contribution in [-0.4, -0.2) is 27.5 Å². The van der Waals surface area contributed by atoms with Gasteiger partial charge in [0.1, 0.15) is 5.82 Å². The van der Waals surface area contributed by atoms with Crippen molar-refractivity contribution in [2.45, 2.75) is 36.4 Å². The predicted octanol–water partition coefficient (Wildman–Crippen LogP) is 5.21. The van der Waals surface area contributed by atoms with E-state index >= 15 is 0 Å². The van der Waals surface area contributed by atoms with Gasteiger partial charge in [0.05, 0.1) is 12.6 Å². The summed E-state index contributed by atoms with van der Waals surface area (Å²) < 4.78 is 21.2. The third-order valence-electron chi connectivity index (χ3n) is 4.54. The summed E-state index contributed by atoms with van der Waals surface area (Å²) in [5.41, 5.74) is 1.89. The van der Waals surface area contributed by atoms with E-state index in [0.29, 0.717) is 12.3 Å². The van der Waals surface area contributed by atoms with Crippen molar-refractivity contribution in [3.63, 3.8) is 0 Å². The lowest BCUT2D eigenvalue weighted by molar-refractivity contribution is 0.0953. The Kier molecular flexibility index (Phi) is 5.76. The van der Waals surface area contributed by atoms with Gasteiger partial charge in [-0.25, -0.2) is 4.39 Å². The quantitative estimate of drug-likeness (QED) is 0.530. The first-order valence-electron chi connectivity index (χ1n) is 8.87. The molecule has 7 heteroatoms. The molecule has 2 aromatic carbocycles. The molecule has 1 aliphatic rings. The van der Waals surface area contributed by atoms with Crippen LogP contribution in [0.15, 0.2) is 53.7 Å².